The van der Waals surface area contributed by atoms with Gasteiger partial charge in [-0.25, -0.2) is 0 Å². The monoisotopic (exact) mass is 377 g/mol. The van der Waals surface area contributed by atoms with Crippen LogP contribution in [0.5, 0.6) is 0 Å². The molecule has 5 nitrogen and oxygen atoms in total. The van der Waals surface area contributed by atoms with Gasteiger partial charge in [-0.15, -0.1) is 0 Å². The summed E-state index contributed by atoms with van der Waals surface area (Å²) in [5, 5.41) is 0. The summed E-state index contributed by atoms with van der Waals surface area (Å²) >= 11 is 0. The van der Waals surface area contributed by atoms with E-state index in [1.807, 2.05) is 53.1 Å². The molecule has 0 unspecified atom stereocenters. The summed E-state index contributed by atoms with van der Waals surface area (Å²) < 4.78 is 0. The molecule has 2 aliphatic heterocycles. The van der Waals surface area contributed by atoms with Crippen LogP contribution in [0, 0.1) is 6.92 Å². The zero-order valence-corrected chi connectivity index (χ0v) is 16.6. The summed E-state index contributed by atoms with van der Waals surface area (Å²) in [7, 11) is 2.08. The molecule has 0 saturated carbocycles. The fraction of sp³-hybridized carbons (Fsp3) is 0.391. The Hall–Kier alpha value is -2.66. The van der Waals surface area contributed by atoms with Crippen LogP contribution in [0.2, 0.25) is 0 Å². The van der Waals surface area contributed by atoms with E-state index < -0.39 is 0 Å². The maximum absolute atomic E-state index is 13.1. The van der Waals surface area contributed by atoms with E-state index in [1.165, 1.54) is 5.56 Å². The van der Waals surface area contributed by atoms with Gasteiger partial charge in [0.25, 0.3) is 5.91 Å². The van der Waals surface area contributed by atoms with E-state index in [-0.39, 0.29) is 17.9 Å². The van der Waals surface area contributed by atoms with E-state index in [1.54, 1.807) is 0 Å². The number of benzene rings is 2. The molecule has 0 spiro atoms. The van der Waals surface area contributed by atoms with Gasteiger partial charge in [0.2, 0.25) is 5.91 Å². The van der Waals surface area contributed by atoms with E-state index >= 15 is 0 Å². The van der Waals surface area contributed by atoms with Crippen molar-refractivity contribution < 1.29 is 9.59 Å². The number of carbonyl (C=O) groups excluding carboxylic acids is 2. The van der Waals surface area contributed by atoms with E-state index in [4.69, 9.17) is 0 Å². The number of carbonyl (C=O) groups is 2. The normalized spacial score (nSPS) is 18.3. The molecule has 0 N–H and O–H groups in total. The maximum atomic E-state index is 13.1. The van der Waals surface area contributed by atoms with E-state index in [0.29, 0.717) is 13.0 Å². The van der Waals surface area contributed by atoms with Gasteiger partial charge in [-0.1, -0.05) is 48.0 Å². The number of piperazine rings is 1. The van der Waals surface area contributed by atoms with E-state index in [2.05, 4.69) is 24.1 Å². The first-order valence-corrected chi connectivity index (χ1v) is 9.94. The summed E-state index contributed by atoms with van der Waals surface area (Å²) in [5.74, 6) is 0.148. The van der Waals surface area contributed by atoms with Crippen molar-refractivity contribution in [3.63, 3.8) is 0 Å². The molecule has 4 rings (SSSR count). The maximum Gasteiger partial charge on any atom is 0.255 e. The number of rotatable bonds is 4. The molecule has 5 heteroatoms. The Kier molecular flexibility index (Phi) is 5.18. The van der Waals surface area contributed by atoms with Crippen molar-refractivity contribution in [3.05, 3.63) is 70.8 Å². The Morgan fingerprint density at radius 3 is 2.36 bits per heavy atom. The summed E-state index contributed by atoms with van der Waals surface area (Å²) in [6.45, 7) is 5.91. The number of hydrogen-bond donors (Lipinski definition) is 0. The fourth-order valence-corrected chi connectivity index (χ4v) is 4.08. The van der Waals surface area contributed by atoms with Gasteiger partial charge in [-0.05, 0) is 31.2 Å². The first-order chi connectivity index (χ1) is 13.5. The van der Waals surface area contributed by atoms with Crippen LogP contribution in [0.4, 0.5) is 0 Å². The third kappa shape index (κ3) is 3.67. The second kappa shape index (κ2) is 7.76. The lowest BCUT2D eigenvalue weighted by molar-refractivity contribution is -0.134. The lowest BCUT2D eigenvalue weighted by Crippen LogP contribution is -2.48. The Bertz CT molecular complexity index is 870. The van der Waals surface area contributed by atoms with E-state index in [0.717, 1.165) is 42.9 Å². The van der Waals surface area contributed by atoms with Gasteiger partial charge < -0.3 is 14.7 Å². The van der Waals surface area contributed by atoms with Crippen LogP contribution < -0.4 is 0 Å². The van der Waals surface area contributed by atoms with Crippen LogP contribution in [-0.2, 0) is 11.3 Å². The molecular formula is C23H27N3O2. The third-order valence-electron chi connectivity index (χ3n) is 5.91. The number of aryl methyl sites for hydroxylation is 1. The zero-order chi connectivity index (χ0) is 19.7. The minimum absolute atomic E-state index is 0.0207. The Labute approximate surface area is 166 Å². The van der Waals surface area contributed by atoms with Crippen LogP contribution in [0.1, 0.15) is 39.5 Å². The average Bonchev–Trinajstić information content (AvgIpc) is 3.04. The molecule has 2 aromatic carbocycles. The number of fused-ring (bicyclic) bond motifs is 1. The Balaban J connectivity index is 1.59. The smallest absolute Gasteiger partial charge is 0.255 e. The SMILES string of the molecule is Cc1ccc([C@@H](CC(=O)N2CCN(C)CC2)N2Cc3ccccc3C2=O)cc1. The van der Waals surface area contributed by atoms with Gasteiger partial charge in [0.15, 0.2) is 0 Å². The Morgan fingerprint density at radius 1 is 1.00 bits per heavy atom. The van der Waals surface area contributed by atoms with Crippen LogP contribution in [0.3, 0.4) is 0 Å². The molecule has 2 aliphatic rings. The van der Waals surface area contributed by atoms with Gasteiger partial charge in [-0.2, -0.15) is 0 Å². The third-order valence-corrected chi connectivity index (χ3v) is 5.91. The largest absolute Gasteiger partial charge is 0.340 e. The minimum atomic E-state index is -0.243. The van der Waals surface area contributed by atoms with Crippen LogP contribution in [0.25, 0.3) is 0 Å². The van der Waals surface area contributed by atoms with Crippen molar-refractivity contribution in [2.45, 2.75) is 25.9 Å². The summed E-state index contributed by atoms with van der Waals surface area (Å²) in [5.41, 5.74) is 3.99. The molecule has 0 aromatic heterocycles. The summed E-state index contributed by atoms with van der Waals surface area (Å²) in [4.78, 5) is 32.2. The fourth-order valence-electron chi connectivity index (χ4n) is 4.08. The van der Waals surface area contributed by atoms with Gasteiger partial charge in [-0.3, -0.25) is 9.59 Å². The second-order valence-electron chi connectivity index (χ2n) is 7.90. The molecule has 2 heterocycles. The predicted molar refractivity (Wildman–Crippen MR) is 109 cm³/mol. The van der Waals surface area contributed by atoms with Gasteiger partial charge in [0.05, 0.1) is 12.5 Å². The standard InChI is InChI=1S/C23H27N3O2/c1-17-7-9-18(10-8-17)21(15-22(27)25-13-11-24(2)12-14-25)26-16-19-5-3-4-6-20(19)23(26)28/h3-10,21H,11-16H2,1-2H3/t21-/m1/s1. The zero-order valence-electron chi connectivity index (χ0n) is 16.6. The first kappa shape index (κ1) is 18.7. The summed E-state index contributed by atoms with van der Waals surface area (Å²) in [6, 6.07) is 15.7. The van der Waals surface area contributed by atoms with Crippen LogP contribution in [-0.4, -0.2) is 59.7 Å². The Morgan fingerprint density at radius 2 is 1.68 bits per heavy atom. The number of hydrogen-bond acceptors (Lipinski definition) is 3. The van der Waals surface area contributed by atoms with Crippen molar-refractivity contribution in [2.75, 3.05) is 33.2 Å². The van der Waals surface area contributed by atoms with Crippen molar-refractivity contribution >= 4 is 11.8 Å². The van der Waals surface area contributed by atoms with Gasteiger partial charge >= 0.3 is 0 Å². The highest BCUT2D eigenvalue weighted by Crippen LogP contribution is 2.34. The molecule has 2 aromatic rings. The molecule has 0 radical (unpaired) electrons. The molecule has 146 valence electrons. The molecule has 28 heavy (non-hydrogen) atoms. The first-order valence-electron chi connectivity index (χ1n) is 9.94. The van der Waals surface area contributed by atoms with Crippen molar-refractivity contribution in [2.24, 2.45) is 0 Å². The van der Waals surface area contributed by atoms with Crippen molar-refractivity contribution in [1.82, 2.24) is 14.7 Å². The molecule has 2 amide bonds. The van der Waals surface area contributed by atoms with Crippen molar-refractivity contribution in [1.29, 1.82) is 0 Å². The highest BCUT2D eigenvalue weighted by atomic mass is 16.2. The lowest BCUT2D eigenvalue weighted by atomic mass is 9.99. The minimum Gasteiger partial charge on any atom is -0.340 e. The second-order valence-corrected chi connectivity index (χ2v) is 7.90. The van der Waals surface area contributed by atoms with Crippen LogP contribution >= 0.6 is 0 Å². The molecule has 1 saturated heterocycles. The molecule has 0 bridgehead atoms. The number of nitrogens with zero attached hydrogens (tertiary/aromatic N) is 3. The molecule has 1 atom stereocenters. The topological polar surface area (TPSA) is 43.9 Å². The number of amides is 2. The lowest BCUT2D eigenvalue weighted by Gasteiger charge is -2.35. The van der Waals surface area contributed by atoms with Crippen molar-refractivity contribution in [3.8, 4) is 0 Å². The average molecular weight is 377 g/mol. The number of likely N-dealkylation sites (N-methyl/N-ethyl adjacent to an activating group) is 1. The van der Waals surface area contributed by atoms with Gasteiger partial charge in [0.1, 0.15) is 0 Å². The van der Waals surface area contributed by atoms with Crippen LogP contribution in [0.15, 0.2) is 48.5 Å². The van der Waals surface area contributed by atoms with Gasteiger partial charge in [0, 0.05) is 38.3 Å². The summed E-state index contributed by atoms with van der Waals surface area (Å²) in [6.07, 6.45) is 0.326. The molecule has 0 aliphatic carbocycles. The molecular weight excluding hydrogens is 350 g/mol. The highest BCUT2D eigenvalue weighted by molar-refractivity contribution is 5.98. The quantitative estimate of drug-likeness (QED) is 0.823. The van der Waals surface area contributed by atoms with E-state index in [9.17, 15) is 9.59 Å². The highest BCUT2D eigenvalue weighted by Gasteiger charge is 2.35. The predicted octanol–water partition coefficient (Wildman–Crippen LogP) is 2.86. The molecule has 1 fully saturated rings.